The Morgan fingerprint density at radius 1 is 1.44 bits per heavy atom. The molecule has 0 radical (unpaired) electrons. The Bertz CT molecular complexity index is 497. The van der Waals surface area contributed by atoms with Gasteiger partial charge in [0.25, 0.3) is 0 Å². The SMILES string of the molecule is CCCn1cc(-c2ncc(I)c(Cl)n2)cn1. The van der Waals surface area contributed by atoms with Gasteiger partial charge in [-0.1, -0.05) is 18.5 Å². The fourth-order valence-corrected chi connectivity index (χ4v) is 1.70. The molecule has 0 spiro atoms. The molecule has 6 heteroatoms. The number of aromatic nitrogens is 4. The zero-order chi connectivity index (χ0) is 11.5. The molecule has 2 aromatic rings. The number of hydrogen-bond donors (Lipinski definition) is 0. The molecular formula is C10H10ClIN4. The van der Waals surface area contributed by atoms with Gasteiger partial charge in [-0.25, -0.2) is 9.97 Å². The number of halogens is 2. The molecule has 2 aromatic heterocycles. The van der Waals surface area contributed by atoms with Gasteiger partial charge in [0.1, 0.15) is 5.15 Å². The van der Waals surface area contributed by atoms with Gasteiger partial charge in [-0.05, 0) is 29.0 Å². The second kappa shape index (κ2) is 5.09. The van der Waals surface area contributed by atoms with Crippen LogP contribution in [0.15, 0.2) is 18.6 Å². The molecule has 0 aliphatic heterocycles. The predicted molar refractivity (Wildman–Crippen MR) is 71.3 cm³/mol. The Hall–Kier alpha value is -0.690. The highest BCUT2D eigenvalue weighted by atomic mass is 127. The van der Waals surface area contributed by atoms with Gasteiger partial charge < -0.3 is 0 Å². The van der Waals surface area contributed by atoms with Gasteiger partial charge in [-0.15, -0.1) is 0 Å². The van der Waals surface area contributed by atoms with Crippen molar-refractivity contribution in [2.24, 2.45) is 0 Å². The Labute approximate surface area is 112 Å². The summed E-state index contributed by atoms with van der Waals surface area (Å²) in [5.41, 5.74) is 0.895. The van der Waals surface area contributed by atoms with Crippen LogP contribution in [0.3, 0.4) is 0 Å². The van der Waals surface area contributed by atoms with E-state index in [9.17, 15) is 0 Å². The first-order chi connectivity index (χ1) is 7.70. The fraction of sp³-hybridized carbons (Fsp3) is 0.300. The minimum absolute atomic E-state index is 0.480. The van der Waals surface area contributed by atoms with Gasteiger partial charge in [0.05, 0.1) is 15.3 Å². The van der Waals surface area contributed by atoms with Gasteiger partial charge >= 0.3 is 0 Å². The highest BCUT2D eigenvalue weighted by Gasteiger charge is 2.07. The third-order valence-corrected chi connectivity index (χ3v) is 3.44. The Balaban J connectivity index is 2.31. The van der Waals surface area contributed by atoms with Crippen LogP contribution < -0.4 is 0 Å². The van der Waals surface area contributed by atoms with E-state index in [-0.39, 0.29) is 0 Å². The minimum Gasteiger partial charge on any atom is -0.272 e. The molecular weight excluding hydrogens is 338 g/mol. The zero-order valence-corrected chi connectivity index (χ0v) is 11.6. The van der Waals surface area contributed by atoms with E-state index in [1.807, 2.05) is 10.9 Å². The zero-order valence-electron chi connectivity index (χ0n) is 8.69. The van der Waals surface area contributed by atoms with Crippen molar-refractivity contribution in [3.05, 3.63) is 27.3 Å². The average molecular weight is 349 g/mol. The first kappa shape index (κ1) is 11.8. The van der Waals surface area contributed by atoms with Crippen molar-refractivity contribution in [2.75, 3.05) is 0 Å². The molecule has 0 unspecified atom stereocenters. The van der Waals surface area contributed by atoms with E-state index >= 15 is 0 Å². The van der Waals surface area contributed by atoms with Crippen LogP contribution in [0.5, 0.6) is 0 Å². The van der Waals surface area contributed by atoms with Crippen LogP contribution >= 0.6 is 34.2 Å². The van der Waals surface area contributed by atoms with Crippen LogP contribution in [0.1, 0.15) is 13.3 Å². The summed E-state index contributed by atoms with van der Waals surface area (Å²) in [5.74, 6) is 0.618. The summed E-state index contributed by atoms with van der Waals surface area (Å²) in [6.07, 6.45) is 6.45. The smallest absolute Gasteiger partial charge is 0.164 e. The molecule has 84 valence electrons. The summed E-state index contributed by atoms with van der Waals surface area (Å²) >= 11 is 8.05. The quantitative estimate of drug-likeness (QED) is 0.632. The summed E-state index contributed by atoms with van der Waals surface area (Å²) in [6, 6.07) is 0. The lowest BCUT2D eigenvalue weighted by Crippen LogP contribution is -1.95. The van der Waals surface area contributed by atoms with E-state index in [4.69, 9.17) is 11.6 Å². The average Bonchev–Trinajstić information content (AvgIpc) is 2.71. The topological polar surface area (TPSA) is 43.6 Å². The lowest BCUT2D eigenvalue weighted by Gasteiger charge is -1.98. The van der Waals surface area contributed by atoms with Crippen molar-refractivity contribution in [1.82, 2.24) is 19.7 Å². The van der Waals surface area contributed by atoms with Gasteiger partial charge in [0, 0.05) is 18.9 Å². The minimum atomic E-state index is 0.480. The third kappa shape index (κ3) is 2.52. The van der Waals surface area contributed by atoms with Crippen molar-refractivity contribution in [3.8, 4) is 11.4 Å². The summed E-state index contributed by atoms with van der Waals surface area (Å²) < 4.78 is 2.73. The molecule has 2 heterocycles. The van der Waals surface area contributed by atoms with Crippen LogP contribution in [-0.4, -0.2) is 19.7 Å². The predicted octanol–water partition coefficient (Wildman–Crippen LogP) is 3.01. The largest absolute Gasteiger partial charge is 0.272 e. The molecule has 0 saturated carbocycles. The summed E-state index contributed by atoms with van der Waals surface area (Å²) in [7, 11) is 0. The first-order valence-corrected chi connectivity index (χ1v) is 6.37. The summed E-state index contributed by atoms with van der Waals surface area (Å²) in [5, 5.41) is 4.71. The lowest BCUT2D eigenvalue weighted by atomic mass is 10.3. The Morgan fingerprint density at radius 2 is 2.25 bits per heavy atom. The standard InChI is InChI=1S/C10H10ClIN4/c1-2-3-16-6-7(4-14-16)10-13-5-8(12)9(11)15-10/h4-6H,2-3H2,1H3. The highest BCUT2D eigenvalue weighted by molar-refractivity contribution is 14.1. The molecule has 0 amide bonds. The monoisotopic (exact) mass is 348 g/mol. The van der Waals surface area contributed by atoms with E-state index in [0.717, 1.165) is 22.1 Å². The summed E-state index contributed by atoms with van der Waals surface area (Å²) in [6.45, 7) is 3.01. The summed E-state index contributed by atoms with van der Waals surface area (Å²) in [4.78, 5) is 8.44. The van der Waals surface area contributed by atoms with E-state index in [2.05, 4.69) is 44.6 Å². The third-order valence-electron chi connectivity index (χ3n) is 2.05. The number of aryl methyl sites for hydroxylation is 1. The van der Waals surface area contributed by atoms with E-state index in [1.54, 1.807) is 12.4 Å². The van der Waals surface area contributed by atoms with Crippen LogP contribution in [0.25, 0.3) is 11.4 Å². The molecule has 0 aromatic carbocycles. The molecule has 16 heavy (non-hydrogen) atoms. The van der Waals surface area contributed by atoms with Gasteiger partial charge in [-0.2, -0.15) is 5.10 Å². The Kier molecular flexibility index (Phi) is 3.75. The molecule has 0 bridgehead atoms. The van der Waals surface area contributed by atoms with Crippen molar-refractivity contribution in [2.45, 2.75) is 19.9 Å². The molecule has 0 aliphatic carbocycles. The van der Waals surface area contributed by atoms with Gasteiger partial charge in [-0.3, -0.25) is 4.68 Å². The van der Waals surface area contributed by atoms with Crippen LogP contribution in [0.2, 0.25) is 5.15 Å². The van der Waals surface area contributed by atoms with Crippen LogP contribution in [-0.2, 0) is 6.54 Å². The van der Waals surface area contributed by atoms with Crippen molar-refractivity contribution in [3.63, 3.8) is 0 Å². The first-order valence-electron chi connectivity index (χ1n) is 4.91. The van der Waals surface area contributed by atoms with Crippen LogP contribution in [0, 0.1) is 3.57 Å². The second-order valence-corrected chi connectivity index (χ2v) is 4.84. The lowest BCUT2D eigenvalue weighted by molar-refractivity contribution is 0.603. The highest BCUT2D eigenvalue weighted by Crippen LogP contribution is 2.19. The molecule has 4 nitrogen and oxygen atoms in total. The van der Waals surface area contributed by atoms with Crippen molar-refractivity contribution >= 4 is 34.2 Å². The molecule has 0 atom stereocenters. The molecule has 0 fully saturated rings. The van der Waals surface area contributed by atoms with E-state index in [0.29, 0.717) is 11.0 Å². The fourth-order valence-electron chi connectivity index (χ4n) is 1.32. The number of nitrogens with zero attached hydrogens (tertiary/aromatic N) is 4. The normalized spacial score (nSPS) is 10.7. The van der Waals surface area contributed by atoms with Gasteiger partial charge in [0.2, 0.25) is 0 Å². The maximum absolute atomic E-state index is 5.95. The Morgan fingerprint density at radius 3 is 2.94 bits per heavy atom. The molecule has 0 N–H and O–H groups in total. The number of hydrogen-bond acceptors (Lipinski definition) is 3. The number of rotatable bonds is 3. The maximum Gasteiger partial charge on any atom is 0.164 e. The van der Waals surface area contributed by atoms with E-state index < -0.39 is 0 Å². The molecule has 0 aliphatic rings. The second-order valence-electron chi connectivity index (χ2n) is 3.32. The van der Waals surface area contributed by atoms with E-state index in [1.165, 1.54) is 0 Å². The maximum atomic E-state index is 5.95. The van der Waals surface area contributed by atoms with Crippen molar-refractivity contribution in [1.29, 1.82) is 0 Å². The molecule has 2 rings (SSSR count). The molecule has 0 saturated heterocycles. The van der Waals surface area contributed by atoms with Crippen molar-refractivity contribution < 1.29 is 0 Å². The van der Waals surface area contributed by atoms with Gasteiger partial charge in [0.15, 0.2) is 5.82 Å². The van der Waals surface area contributed by atoms with Crippen LogP contribution in [0.4, 0.5) is 0 Å².